The van der Waals surface area contributed by atoms with Crippen LogP contribution in [0, 0.1) is 6.92 Å². The first-order valence-corrected chi connectivity index (χ1v) is 5.85. The zero-order chi connectivity index (χ0) is 12.3. The molecule has 17 heavy (non-hydrogen) atoms. The largest absolute Gasteiger partial charge is 0.382 e. The van der Waals surface area contributed by atoms with Crippen molar-refractivity contribution in [2.24, 2.45) is 0 Å². The molecule has 0 spiro atoms. The third kappa shape index (κ3) is 2.36. The van der Waals surface area contributed by atoms with Gasteiger partial charge in [-0.1, -0.05) is 13.0 Å². The summed E-state index contributed by atoms with van der Waals surface area (Å²) < 4.78 is 1.84. The molecule has 0 aromatic carbocycles. The maximum atomic E-state index is 10.4. The van der Waals surface area contributed by atoms with E-state index < -0.39 is 6.10 Å². The van der Waals surface area contributed by atoms with E-state index in [9.17, 15) is 5.11 Å². The number of aliphatic hydroxyl groups excluding tert-OH is 1. The summed E-state index contributed by atoms with van der Waals surface area (Å²) in [5, 5.41) is 14.6. The highest BCUT2D eigenvalue weighted by Crippen LogP contribution is 2.23. The molecule has 2 aromatic rings. The molecule has 2 aromatic heterocycles. The molecule has 2 rings (SSSR count). The molecule has 0 aliphatic carbocycles. The van der Waals surface area contributed by atoms with Crippen molar-refractivity contribution >= 4 is 0 Å². The van der Waals surface area contributed by atoms with Crippen LogP contribution in [0.2, 0.25) is 0 Å². The maximum absolute atomic E-state index is 10.4. The van der Waals surface area contributed by atoms with Crippen LogP contribution in [0.5, 0.6) is 0 Å². The van der Waals surface area contributed by atoms with E-state index in [2.05, 4.69) is 17.0 Å². The molecule has 0 aliphatic rings. The first-order valence-electron chi connectivity index (χ1n) is 5.85. The molecule has 0 saturated heterocycles. The Bertz CT molecular complexity index is 493. The zero-order valence-electron chi connectivity index (χ0n) is 10.2. The van der Waals surface area contributed by atoms with E-state index in [1.165, 1.54) is 0 Å². The Morgan fingerprint density at radius 3 is 2.88 bits per heavy atom. The lowest BCUT2D eigenvalue weighted by molar-refractivity contribution is 0.206. The number of aromatic nitrogens is 3. The third-order valence-corrected chi connectivity index (χ3v) is 2.81. The molecule has 90 valence electrons. The molecule has 1 unspecified atom stereocenters. The number of hydrogen-bond donors (Lipinski definition) is 1. The fraction of sp³-hybridized carbons (Fsp3) is 0.385. The number of aryl methyl sites for hydroxylation is 2. The van der Waals surface area contributed by atoms with Gasteiger partial charge >= 0.3 is 0 Å². The first-order chi connectivity index (χ1) is 8.24. The van der Waals surface area contributed by atoms with Gasteiger partial charge in [0.2, 0.25) is 0 Å². The second-order valence-corrected chi connectivity index (χ2v) is 4.06. The molecule has 4 heteroatoms. The number of aliphatic hydroxyl groups is 1. The molecule has 0 bridgehead atoms. The lowest BCUT2D eigenvalue weighted by Gasteiger charge is -2.14. The highest BCUT2D eigenvalue weighted by molar-refractivity contribution is 5.28. The highest BCUT2D eigenvalue weighted by Gasteiger charge is 2.17. The number of rotatable bonds is 4. The first kappa shape index (κ1) is 11.8. The number of nitrogens with zero attached hydrogens (tertiary/aromatic N) is 3. The van der Waals surface area contributed by atoms with Crippen molar-refractivity contribution in [2.75, 3.05) is 0 Å². The summed E-state index contributed by atoms with van der Waals surface area (Å²) in [4.78, 5) is 4.20. The second kappa shape index (κ2) is 5.10. The van der Waals surface area contributed by atoms with Crippen LogP contribution in [-0.4, -0.2) is 19.9 Å². The SMILES string of the molecule is CCCn1nccc1C(O)c1cccnc1C. The van der Waals surface area contributed by atoms with Gasteiger partial charge in [-0.3, -0.25) is 9.67 Å². The van der Waals surface area contributed by atoms with E-state index >= 15 is 0 Å². The number of pyridine rings is 1. The van der Waals surface area contributed by atoms with E-state index in [1.807, 2.05) is 29.8 Å². The van der Waals surface area contributed by atoms with E-state index in [-0.39, 0.29) is 0 Å². The summed E-state index contributed by atoms with van der Waals surface area (Å²) in [7, 11) is 0. The van der Waals surface area contributed by atoms with Crippen molar-refractivity contribution in [1.29, 1.82) is 0 Å². The summed E-state index contributed by atoms with van der Waals surface area (Å²) >= 11 is 0. The van der Waals surface area contributed by atoms with Crippen molar-refractivity contribution in [3.05, 3.63) is 47.5 Å². The molecular formula is C13H17N3O. The summed E-state index contributed by atoms with van der Waals surface area (Å²) in [5.41, 5.74) is 2.51. The maximum Gasteiger partial charge on any atom is 0.122 e. The van der Waals surface area contributed by atoms with E-state index in [0.717, 1.165) is 29.9 Å². The van der Waals surface area contributed by atoms with Gasteiger partial charge in [0.25, 0.3) is 0 Å². The quantitative estimate of drug-likeness (QED) is 0.876. The molecule has 2 heterocycles. The lowest BCUT2D eigenvalue weighted by Crippen LogP contribution is -2.11. The Hall–Kier alpha value is -1.68. The van der Waals surface area contributed by atoms with Crippen molar-refractivity contribution in [3.8, 4) is 0 Å². The van der Waals surface area contributed by atoms with Crippen LogP contribution in [0.25, 0.3) is 0 Å². The normalized spacial score (nSPS) is 12.6. The Morgan fingerprint density at radius 2 is 2.18 bits per heavy atom. The van der Waals surface area contributed by atoms with E-state index in [4.69, 9.17) is 0 Å². The Balaban J connectivity index is 2.34. The molecular weight excluding hydrogens is 214 g/mol. The van der Waals surface area contributed by atoms with Crippen molar-refractivity contribution in [2.45, 2.75) is 32.9 Å². The predicted molar refractivity (Wildman–Crippen MR) is 65.6 cm³/mol. The summed E-state index contributed by atoms with van der Waals surface area (Å²) in [6.45, 7) is 4.81. The highest BCUT2D eigenvalue weighted by atomic mass is 16.3. The summed E-state index contributed by atoms with van der Waals surface area (Å²) in [6, 6.07) is 5.59. The summed E-state index contributed by atoms with van der Waals surface area (Å²) in [6.07, 6.45) is 3.79. The minimum atomic E-state index is -0.655. The molecule has 4 nitrogen and oxygen atoms in total. The van der Waals surface area contributed by atoms with Gasteiger partial charge in [-0.15, -0.1) is 0 Å². The van der Waals surface area contributed by atoms with Crippen LogP contribution < -0.4 is 0 Å². The van der Waals surface area contributed by atoms with Crippen molar-refractivity contribution < 1.29 is 5.11 Å². The van der Waals surface area contributed by atoms with Gasteiger partial charge in [-0.25, -0.2) is 0 Å². The van der Waals surface area contributed by atoms with Crippen LogP contribution in [0.15, 0.2) is 30.6 Å². The van der Waals surface area contributed by atoms with Gasteiger partial charge in [0, 0.05) is 30.2 Å². The standard InChI is InChI=1S/C13H17N3O/c1-3-9-16-12(6-8-15-16)13(17)11-5-4-7-14-10(11)2/h4-8,13,17H,3,9H2,1-2H3. The average Bonchev–Trinajstić information content (AvgIpc) is 2.78. The van der Waals surface area contributed by atoms with Gasteiger partial charge in [0.15, 0.2) is 0 Å². The second-order valence-electron chi connectivity index (χ2n) is 4.06. The molecule has 0 saturated carbocycles. The summed E-state index contributed by atoms with van der Waals surface area (Å²) in [5.74, 6) is 0. The number of hydrogen-bond acceptors (Lipinski definition) is 3. The average molecular weight is 231 g/mol. The van der Waals surface area contributed by atoms with Gasteiger partial charge in [-0.2, -0.15) is 5.10 Å². The lowest BCUT2D eigenvalue weighted by atomic mass is 10.1. The monoisotopic (exact) mass is 231 g/mol. The molecule has 0 radical (unpaired) electrons. The third-order valence-electron chi connectivity index (χ3n) is 2.81. The minimum absolute atomic E-state index is 0.655. The fourth-order valence-electron chi connectivity index (χ4n) is 1.92. The topological polar surface area (TPSA) is 50.9 Å². The van der Waals surface area contributed by atoms with Crippen molar-refractivity contribution in [3.63, 3.8) is 0 Å². The Kier molecular flexibility index (Phi) is 3.54. The van der Waals surface area contributed by atoms with E-state index in [1.54, 1.807) is 12.4 Å². The van der Waals surface area contributed by atoms with Crippen molar-refractivity contribution in [1.82, 2.24) is 14.8 Å². The Labute approximate surface area is 101 Å². The molecule has 0 fully saturated rings. The van der Waals surface area contributed by atoms with Crippen LogP contribution in [0.3, 0.4) is 0 Å². The van der Waals surface area contributed by atoms with Crippen LogP contribution in [0.1, 0.15) is 36.4 Å². The van der Waals surface area contributed by atoms with Crippen LogP contribution >= 0.6 is 0 Å². The smallest absolute Gasteiger partial charge is 0.122 e. The van der Waals surface area contributed by atoms with Gasteiger partial charge < -0.3 is 5.11 Å². The zero-order valence-corrected chi connectivity index (χ0v) is 10.2. The molecule has 1 atom stereocenters. The van der Waals surface area contributed by atoms with Crippen LogP contribution in [0.4, 0.5) is 0 Å². The van der Waals surface area contributed by atoms with Gasteiger partial charge in [0.1, 0.15) is 6.10 Å². The Morgan fingerprint density at radius 1 is 1.35 bits per heavy atom. The van der Waals surface area contributed by atoms with Gasteiger partial charge in [-0.05, 0) is 25.5 Å². The molecule has 0 amide bonds. The molecule has 1 N–H and O–H groups in total. The minimum Gasteiger partial charge on any atom is -0.382 e. The van der Waals surface area contributed by atoms with Crippen LogP contribution in [-0.2, 0) is 6.54 Å². The van der Waals surface area contributed by atoms with Gasteiger partial charge in [0.05, 0.1) is 5.69 Å². The molecule has 0 aliphatic heterocycles. The van der Waals surface area contributed by atoms with E-state index in [0.29, 0.717) is 0 Å². The fourth-order valence-corrected chi connectivity index (χ4v) is 1.92. The predicted octanol–water partition coefficient (Wildman–Crippen LogP) is 2.08.